The van der Waals surface area contributed by atoms with Gasteiger partial charge in [0.2, 0.25) is 11.8 Å². The van der Waals surface area contributed by atoms with Crippen molar-refractivity contribution in [1.29, 1.82) is 0 Å². The number of aromatic nitrogens is 2. The van der Waals surface area contributed by atoms with Crippen LogP contribution in [0.4, 0.5) is 26.7 Å². The number of aromatic amines is 1. The molecule has 2 aromatic rings. The van der Waals surface area contributed by atoms with Gasteiger partial charge >= 0.3 is 12.3 Å². The zero-order chi connectivity index (χ0) is 30.8. The number of ether oxygens (including phenoxy) is 3. The first kappa shape index (κ1) is 32.5. The molecule has 0 aliphatic heterocycles. The van der Waals surface area contributed by atoms with Crippen molar-refractivity contribution in [2.75, 3.05) is 20.3 Å². The van der Waals surface area contributed by atoms with E-state index >= 15 is 0 Å². The van der Waals surface area contributed by atoms with Gasteiger partial charge in [0.25, 0.3) is 0 Å². The zero-order valence-corrected chi connectivity index (χ0v) is 23.9. The second-order valence-corrected chi connectivity index (χ2v) is 11.8. The van der Waals surface area contributed by atoms with Crippen LogP contribution in [0, 0.1) is 5.92 Å². The Morgan fingerprint density at radius 2 is 1.73 bits per heavy atom. The number of nitrogens with one attached hydrogen (secondary N) is 3. The molecule has 41 heavy (non-hydrogen) atoms. The van der Waals surface area contributed by atoms with E-state index in [4.69, 9.17) is 14.2 Å². The minimum absolute atomic E-state index is 0.0292. The molecular weight excluding hydrogens is 555 g/mol. The van der Waals surface area contributed by atoms with Crippen LogP contribution in [0.1, 0.15) is 77.4 Å². The minimum Gasteiger partial charge on any atom is -0.444 e. The maximum atomic E-state index is 13.4. The molecule has 1 saturated carbocycles. The van der Waals surface area contributed by atoms with E-state index in [0.29, 0.717) is 16.6 Å². The van der Waals surface area contributed by atoms with Crippen molar-refractivity contribution in [1.82, 2.24) is 20.6 Å². The first-order valence-corrected chi connectivity index (χ1v) is 13.1. The van der Waals surface area contributed by atoms with E-state index in [9.17, 15) is 31.5 Å². The largest absolute Gasteiger partial charge is 0.444 e. The van der Waals surface area contributed by atoms with E-state index in [1.54, 1.807) is 39.0 Å². The third kappa shape index (κ3) is 8.99. The molecule has 2 amide bonds. The van der Waals surface area contributed by atoms with Gasteiger partial charge in [-0.2, -0.15) is 13.2 Å². The molecule has 0 bridgehead atoms. The summed E-state index contributed by atoms with van der Waals surface area (Å²) in [6.45, 7) is 6.22. The lowest BCUT2D eigenvalue weighted by Gasteiger charge is -2.34. The Kier molecular flexibility index (Phi) is 9.58. The molecule has 1 aromatic carbocycles. The predicted molar refractivity (Wildman–Crippen MR) is 139 cm³/mol. The molecule has 1 aliphatic rings. The average molecular weight is 593 g/mol. The second-order valence-electron chi connectivity index (χ2n) is 11.8. The van der Waals surface area contributed by atoms with Crippen molar-refractivity contribution < 1.29 is 45.8 Å². The fourth-order valence-electron chi connectivity index (χ4n) is 4.27. The van der Waals surface area contributed by atoms with Crippen LogP contribution < -0.4 is 10.6 Å². The van der Waals surface area contributed by atoms with E-state index in [1.807, 2.05) is 0 Å². The van der Waals surface area contributed by atoms with Crippen molar-refractivity contribution in [3.63, 3.8) is 0 Å². The molecule has 0 saturated heterocycles. The lowest BCUT2D eigenvalue weighted by Crippen LogP contribution is -2.45. The number of alkyl carbamates (subject to hydrolysis) is 1. The number of imidazole rings is 1. The van der Waals surface area contributed by atoms with Crippen LogP contribution in [0.5, 0.6) is 0 Å². The fourth-order valence-corrected chi connectivity index (χ4v) is 4.27. The van der Waals surface area contributed by atoms with Gasteiger partial charge in [-0.05, 0) is 58.2 Å². The van der Waals surface area contributed by atoms with Gasteiger partial charge in [0.1, 0.15) is 17.5 Å². The van der Waals surface area contributed by atoms with E-state index in [0.717, 1.165) is 13.8 Å². The lowest BCUT2D eigenvalue weighted by molar-refractivity contribution is -0.265. The van der Waals surface area contributed by atoms with E-state index in [2.05, 4.69) is 20.6 Å². The first-order chi connectivity index (χ1) is 18.8. The number of hydrogen-bond donors (Lipinski definition) is 3. The quantitative estimate of drug-likeness (QED) is 0.288. The summed E-state index contributed by atoms with van der Waals surface area (Å²) in [6, 6.07) is 3.27. The Labute approximate surface area is 234 Å². The molecule has 0 radical (unpaired) electrons. The first-order valence-electron chi connectivity index (χ1n) is 13.1. The molecule has 1 fully saturated rings. The normalized spacial score (nSPS) is 17.5. The van der Waals surface area contributed by atoms with Gasteiger partial charge in [0, 0.05) is 26.4 Å². The number of fused-ring (bicyclic) bond motifs is 1. The third-order valence-corrected chi connectivity index (χ3v) is 6.56. The summed E-state index contributed by atoms with van der Waals surface area (Å²) in [5.41, 5.74) is -1.83. The summed E-state index contributed by atoms with van der Waals surface area (Å²) < 4.78 is 82.2. The maximum absolute atomic E-state index is 13.4. The number of nitrogens with zero attached hydrogens (tertiary/aromatic N) is 1. The number of carbonyl (C=O) groups excluding carboxylic acids is 2. The van der Waals surface area contributed by atoms with Crippen LogP contribution in [0.2, 0.25) is 0 Å². The van der Waals surface area contributed by atoms with Crippen LogP contribution in [0.25, 0.3) is 11.0 Å². The SMILES string of the molecule is COCC(NC(=O)CC1CC(F)(F)C1)c1ccc2nc([C@H](COC(C)(C)C(F)(F)F)NC(=O)OC(C)(C)C)[nH]c2c1. The second kappa shape index (κ2) is 12.1. The number of alkyl halides is 5. The molecular formula is C27H37F5N4O5. The van der Waals surface area contributed by atoms with Crippen molar-refractivity contribution in [3.05, 3.63) is 29.6 Å². The van der Waals surface area contributed by atoms with E-state index in [1.165, 1.54) is 7.11 Å². The molecule has 2 atom stereocenters. The highest BCUT2D eigenvalue weighted by atomic mass is 19.4. The van der Waals surface area contributed by atoms with Crippen molar-refractivity contribution in [3.8, 4) is 0 Å². The van der Waals surface area contributed by atoms with Gasteiger partial charge in [-0.1, -0.05) is 6.07 Å². The van der Waals surface area contributed by atoms with Crippen LogP contribution in [-0.2, 0) is 19.0 Å². The van der Waals surface area contributed by atoms with Crippen molar-refractivity contribution in [2.24, 2.45) is 5.92 Å². The summed E-state index contributed by atoms with van der Waals surface area (Å²) in [7, 11) is 1.45. The summed E-state index contributed by atoms with van der Waals surface area (Å²) in [4.78, 5) is 32.4. The highest BCUT2D eigenvalue weighted by Crippen LogP contribution is 2.44. The number of benzene rings is 1. The van der Waals surface area contributed by atoms with Gasteiger partial charge < -0.3 is 29.8 Å². The standard InChI is InChI=1S/C27H37F5N4O5/c1-24(2,3)41-23(38)36-20(14-40-25(4,5)27(30,31)32)22-34-17-8-7-16(10-18(17)35-22)19(13-39-6)33-21(37)9-15-11-26(28,29)12-15/h7-8,10,15,19-20H,9,11-14H2,1-6H3,(H,33,37)(H,34,35)(H,36,38)/t19?,20-/m0/s1. The molecule has 1 aromatic heterocycles. The van der Waals surface area contributed by atoms with Crippen LogP contribution >= 0.6 is 0 Å². The number of halogens is 5. The van der Waals surface area contributed by atoms with E-state index in [-0.39, 0.29) is 43.5 Å². The maximum Gasteiger partial charge on any atom is 0.416 e. The monoisotopic (exact) mass is 592 g/mol. The Hall–Kier alpha value is -3.00. The van der Waals surface area contributed by atoms with Gasteiger partial charge in [0.15, 0.2) is 5.60 Å². The van der Waals surface area contributed by atoms with Gasteiger partial charge in [-0.3, -0.25) is 4.79 Å². The number of methoxy groups -OCH3 is 1. The topological polar surface area (TPSA) is 115 Å². The van der Waals surface area contributed by atoms with Gasteiger partial charge in [0.05, 0.1) is 30.3 Å². The Bertz CT molecular complexity index is 1220. The summed E-state index contributed by atoms with van der Waals surface area (Å²) in [6.07, 6.45) is -6.20. The van der Waals surface area contributed by atoms with Crippen LogP contribution in [0.15, 0.2) is 18.2 Å². The van der Waals surface area contributed by atoms with Crippen LogP contribution in [-0.4, -0.2) is 65.6 Å². The van der Waals surface area contributed by atoms with Gasteiger partial charge in [-0.25, -0.2) is 18.6 Å². The smallest absolute Gasteiger partial charge is 0.416 e. The van der Waals surface area contributed by atoms with Crippen molar-refractivity contribution >= 4 is 23.0 Å². The zero-order valence-electron chi connectivity index (χ0n) is 23.9. The Balaban J connectivity index is 1.81. The number of rotatable bonds is 11. The average Bonchev–Trinajstić information content (AvgIpc) is 3.21. The molecule has 230 valence electrons. The third-order valence-electron chi connectivity index (χ3n) is 6.56. The lowest BCUT2D eigenvalue weighted by atomic mass is 9.79. The Morgan fingerprint density at radius 3 is 2.29 bits per heavy atom. The fraction of sp³-hybridized carbons (Fsp3) is 0.667. The van der Waals surface area contributed by atoms with E-state index < -0.39 is 48.1 Å². The number of H-pyrrole nitrogens is 1. The number of amides is 2. The molecule has 14 heteroatoms. The molecule has 0 spiro atoms. The number of hydrogen-bond acceptors (Lipinski definition) is 6. The van der Waals surface area contributed by atoms with Crippen molar-refractivity contribution in [2.45, 2.75) is 89.3 Å². The predicted octanol–water partition coefficient (Wildman–Crippen LogP) is 5.73. The molecule has 3 N–H and O–H groups in total. The molecule has 1 heterocycles. The highest BCUT2D eigenvalue weighted by Gasteiger charge is 2.49. The molecule has 9 nitrogen and oxygen atoms in total. The molecule has 1 unspecified atom stereocenters. The summed E-state index contributed by atoms with van der Waals surface area (Å²) in [5.74, 6) is -3.36. The number of carbonyl (C=O) groups is 2. The molecule has 1 aliphatic carbocycles. The summed E-state index contributed by atoms with van der Waals surface area (Å²) in [5, 5.41) is 5.33. The minimum atomic E-state index is -4.66. The Morgan fingerprint density at radius 1 is 1.07 bits per heavy atom. The summed E-state index contributed by atoms with van der Waals surface area (Å²) >= 11 is 0. The van der Waals surface area contributed by atoms with Crippen LogP contribution in [0.3, 0.4) is 0 Å². The molecule has 3 rings (SSSR count). The van der Waals surface area contributed by atoms with Gasteiger partial charge in [-0.15, -0.1) is 0 Å². The highest BCUT2D eigenvalue weighted by molar-refractivity contribution is 5.79.